The molecular formula is C12H16N2O. The Balaban J connectivity index is 2.38. The van der Waals surface area contributed by atoms with Crippen molar-refractivity contribution in [3.8, 4) is 0 Å². The summed E-state index contributed by atoms with van der Waals surface area (Å²) in [5, 5.41) is 0. The first-order chi connectivity index (χ1) is 7.26. The third kappa shape index (κ3) is 1.74. The second kappa shape index (κ2) is 4.01. The summed E-state index contributed by atoms with van der Waals surface area (Å²) >= 11 is 0. The summed E-state index contributed by atoms with van der Waals surface area (Å²) in [4.78, 5) is 15.7. The summed E-state index contributed by atoms with van der Waals surface area (Å²) in [6.07, 6.45) is 8.61. The molecule has 0 spiro atoms. The van der Waals surface area contributed by atoms with E-state index in [9.17, 15) is 4.79 Å². The first kappa shape index (κ1) is 10.1. The number of nitrogens with zero attached hydrogens (tertiary/aromatic N) is 1. The van der Waals surface area contributed by atoms with E-state index in [1.807, 2.05) is 12.1 Å². The fourth-order valence-corrected chi connectivity index (χ4v) is 2.50. The second-order valence-corrected chi connectivity index (χ2v) is 4.24. The van der Waals surface area contributed by atoms with E-state index < -0.39 is 5.41 Å². The number of hydrogen-bond donors (Lipinski definition) is 1. The molecule has 1 saturated carbocycles. The van der Waals surface area contributed by atoms with Crippen LogP contribution >= 0.6 is 0 Å². The largest absolute Gasteiger partial charge is 0.369 e. The Morgan fingerprint density at radius 1 is 1.20 bits per heavy atom. The van der Waals surface area contributed by atoms with Gasteiger partial charge >= 0.3 is 0 Å². The minimum Gasteiger partial charge on any atom is -0.369 e. The van der Waals surface area contributed by atoms with Gasteiger partial charge in [0.2, 0.25) is 5.91 Å². The number of primary amides is 1. The first-order valence-electron chi connectivity index (χ1n) is 5.46. The van der Waals surface area contributed by atoms with Crippen molar-refractivity contribution in [3.63, 3.8) is 0 Å². The molecular weight excluding hydrogens is 188 g/mol. The van der Waals surface area contributed by atoms with E-state index in [0.717, 1.165) is 31.2 Å². The van der Waals surface area contributed by atoms with Crippen LogP contribution in [0.3, 0.4) is 0 Å². The maximum absolute atomic E-state index is 11.7. The lowest BCUT2D eigenvalue weighted by Gasteiger charge is -2.34. The summed E-state index contributed by atoms with van der Waals surface area (Å²) in [6, 6.07) is 3.83. The molecule has 1 fully saturated rings. The molecule has 0 saturated heterocycles. The molecule has 0 atom stereocenters. The zero-order valence-corrected chi connectivity index (χ0v) is 8.78. The number of pyridine rings is 1. The maximum atomic E-state index is 11.7. The van der Waals surface area contributed by atoms with Gasteiger partial charge in [-0.25, -0.2) is 0 Å². The Kier molecular flexibility index (Phi) is 2.71. The molecule has 80 valence electrons. The van der Waals surface area contributed by atoms with Crippen LogP contribution in [0.4, 0.5) is 0 Å². The zero-order valence-electron chi connectivity index (χ0n) is 8.78. The second-order valence-electron chi connectivity index (χ2n) is 4.24. The summed E-state index contributed by atoms with van der Waals surface area (Å²) in [7, 11) is 0. The van der Waals surface area contributed by atoms with Crippen molar-refractivity contribution in [2.75, 3.05) is 0 Å². The quantitative estimate of drug-likeness (QED) is 0.798. The van der Waals surface area contributed by atoms with Crippen LogP contribution in [0.1, 0.15) is 37.7 Å². The van der Waals surface area contributed by atoms with Gasteiger partial charge in [-0.3, -0.25) is 9.78 Å². The van der Waals surface area contributed by atoms with E-state index in [1.165, 1.54) is 6.42 Å². The topological polar surface area (TPSA) is 56.0 Å². The van der Waals surface area contributed by atoms with Crippen molar-refractivity contribution >= 4 is 5.91 Å². The van der Waals surface area contributed by atoms with Crippen LogP contribution in [0.5, 0.6) is 0 Å². The normalized spacial score (nSPS) is 19.7. The minimum atomic E-state index is -0.429. The molecule has 3 heteroatoms. The number of hydrogen-bond acceptors (Lipinski definition) is 2. The summed E-state index contributed by atoms with van der Waals surface area (Å²) in [5.74, 6) is -0.187. The van der Waals surface area contributed by atoms with E-state index >= 15 is 0 Å². The van der Waals surface area contributed by atoms with Crippen LogP contribution in [0, 0.1) is 0 Å². The molecule has 0 aromatic carbocycles. The van der Waals surface area contributed by atoms with Gasteiger partial charge in [0.05, 0.1) is 5.41 Å². The van der Waals surface area contributed by atoms with Gasteiger partial charge in [-0.1, -0.05) is 19.3 Å². The molecule has 2 N–H and O–H groups in total. The average molecular weight is 204 g/mol. The van der Waals surface area contributed by atoms with E-state index in [1.54, 1.807) is 12.4 Å². The van der Waals surface area contributed by atoms with Crippen molar-refractivity contribution in [3.05, 3.63) is 30.1 Å². The van der Waals surface area contributed by atoms with Gasteiger partial charge < -0.3 is 5.73 Å². The zero-order chi connectivity index (χ0) is 10.7. The predicted molar refractivity (Wildman–Crippen MR) is 58.2 cm³/mol. The molecule has 1 aliphatic carbocycles. The van der Waals surface area contributed by atoms with Gasteiger partial charge in [-0.2, -0.15) is 0 Å². The SMILES string of the molecule is NC(=O)C1(c2ccncc2)CCCCC1. The Morgan fingerprint density at radius 3 is 2.33 bits per heavy atom. The fraction of sp³-hybridized carbons (Fsp3) is 0.500. The fourth-order valence-electron chi connectivity index (χ4n) is 2.50. The number of carbonyl (C=O) groups excluding carboxylic acids is 1. The lowest BCUT2D eigenvalue weighted by Crippen LogP contribution is -2.42. The van der Waals surface area contributed by atoms with Gasteiger partial charge in [-0.05, 0) is 30.5 Å². The first-order valence-corrected chi connectivity index (χ1v) is 5.46. The van der Waals surface area contributed by atoms with Crippen LogP contribution in [-0.4, -0.2) is 10.9 Å². The standard InChI is InChI=1S/C12H16N2O/c13-11(15)12(6-2-1-3-7-12)10-4-8-14-9-5-10/h4-5,8-9H,1-3,6-7H2,(H2,13,15). The molecule has 2 rings (SSSR count). The lowest BCUT2D eigenvalue weighted by atomic mass is 9.69. The molecule has 0 unspecified atom stereocenters. The van der Waals surface area contributed by atoms with Crippen LogP contribution in [0.25, 0.3) is 0 Å². The number of carbonyl (C=O) groups is 1. The molecule has 0 bridgehead atoms. The average Bonchev–Trinajstić information content (AvgIpc) is 2.31. The van der Waals surface area contributed by atoms with Crippen LogP contribution in [0.2, 0.25) is 0 Å². The summed E-state index contributed by atoms with van der Waals surface area (Å²) < 4.78 is 0. The highest BCUT2D eigenvalue weighted by Crippen LogP contribution is 2.38. The Labute approximate surface area is 89.7 Å². The number of amides is 1. The van der Waals surface area contributed by atoms with E-state index in [-0.39, 0.29) is 5.91 Å². The van der Waals surface area contributed by atoms with Crippen molar-refractivity contribution in [2.45, 2.75) is 37.5 Å². The number of aromatic nitrogens is 1. The Bertz CT molecular complexity index is 342. The van der Waals surface area contributed by atoms with Crippen molar-refractivity contribution in [2.24, 2.45) is 5.73 Å². The molecule has 0 radical (unpaired) electrons. The number of rotatable bonds is 2. The van der Waals surface area contributed by atoms with Crippen LogP contribution in [0.15, 0.2) is 24.5 Å². The third-order valence-corrected chi connectivity index (χ3v) is 3.41. The van der Waals surface area contributed by atoms with Crippen molar-refractivity contribution < 1.29 is 4.79 Å². The van der Waals surface area contributed by atoms with Crippen molar-refractivity contribution in [1.82, 2.24) is 4.98 Å². The highest BCUT2D eigenvalue weighted by atomic mass is 16.1. The summed E-state index contributed by atoms with van der Waals surface area (Å²) in [6.45, 7) is 0. The Morgan fingerprint density at radius 2 is 1.80 bits per heavy atom. The molecule has 3 nitrogen and oxygen atoms in total. The van der Waals surface area contributed by atoms with Gasteiger partial charge in [0.25, 0.3) is 0 Å². The van der Waals surface area contributed by atoms with Gasteiger partial charge in [-0.15, -0.1) is 0 Å². The molecule has 1 aliphatic rings. The summed E-state index contributed by atoms with van der Waals surface area (Å²) in [5.41, 5.74) is 6.18. The van der Waals surface area contributed by atoms with Crippen LogP contribution in [-0.2, 0) is 10.2 Å². The molecule has 0 aliphatic heterocycles. The van der Waals surface area contributed by atoms with Gasteiger partial charge in [0, 0.05) is 12.4 Å². The van der Waals surface area contributed by atoms with Gasteiger partial charge in [0.1, 0.15) is 0 Å². The highest BCUT2D eigenvalue weighted by Gasteiger charge is 2.39. The number of nitrogens with two attached hydrogens (primary N) is 1. The van der Waals surface area contributed by atoms with Crippen LogP contribution < -0.4 is 5.73 Å². The van der Waals surface area contributed by atoms with Crippen molar-refractivity contribution in [1.29, 1.82) is 0 Å². The monoisotopic (exact) mass is 204 g/mol. The third-order valence-electron chi connectivity index (χ3n) is 3.41. The molecule has 1 heterocycles. The van der Waals surface area contributed by atoms with Gasteiger partial charge in [0.15, 0.2) is 0 Å². The smallest absolute Gasteiger partial charge is 0.228 e. The van der Waals surface area contributed by atoms with E-state index in [0.29, 0.717) is 0 Å². The van der Waals surface area contributed by atoms with E-state index in [2.05, 4.69) is 4.98 Å². The molecule has 1 aromatic heterocycles. The molecule has 1 amide bonds. The minimum absolute atomic E-state index is 0.187. The molecule has 15 heavy (non-hydrogen) atoms. The predicted octanol–water partition coefficient (Wildman–Crippen LogP) is 1.77. The highest BCUT2D eigenvalue weighted by molar-refractivity contribution is 5.86. The molecule has 1 aromatic rings. The van der Waals surface area contributed by atoms with E-state index in [4.69, 9.17) is 5.73 Å². The Hall–Kier alpha value is -1.38. The maximum Gasteiger partial charge on any atom is 0.228 e. The lowest BCUT2D eigenvalue weighted by molar-refractivity contribution is -0.124.